The van der Waals surface area contributed by atoms with Crippen molar-refractivity contribution < 1.29 is 32.7 Å². The molecule has 0 radical (unpaired) electrons. The number of carboxylic acids is 1. The maximum absolute atomic E-state index is 12.6. The molecule has 2 N–H and O–H groups in total. The lowest BCUT2D eigenvalue weighted by Crippen LogP contribution is -2.52. The average Bonchev–Trinajstić information content (AvgIpc) is 2.78. The third-order valence-corrected chi connectivity index (χ3v) is 6.11. The Kier molecular flexibility index (Phi) is 7.27. The van der Waals surface area contributed by atoms with E-state index in [0.29, 0.717) is 44.7 Å². The predicted molar refractivity (Wildman–Crippen MR) is 111 cm³/mol. The summed E-state index contributed by atoms with van der Waals surface area (Å²) in [4.78, 5) is 39.5. The molecule has 32 heavy (non-hydrogen) atoms. The van der Waals surface area contributed by atoms with Gasteiger partial charge in [0.2, 0.25) is 5.91 Å². The molecule has 2 aliphatic heterocycles. The summed E-state index contributed by atoms with van der Waals surface area (Å²) in [5, 5.41) is 12.0. The Morgan fingerprint density at radius 1 is 1.00 bits per heavy atom. The van der Waals surface area contributed by atoms with E-state index in [1.54, 1.807) is 31.2 Å². The molecule has 0 spiro atoms. The topological polar surface area (TPSA) is 93.2 Å². The Hall–Kier alpha value is -2.82. The molecular weight excluding hydrogens is 429 g/mol. The smallest absolute Gasteiger partial charge is 0.471 e. The van der Waals surface area contributed by atoms with Gasteiger partial charge in [-0.05, 0) is 57.1 Å². The second-order valence-corrected chi connectivity index (χ2v) is 8.14. The van der Waals surface area contributed by atoms with E-state index in [0.717, 1.165) is 10.6 Å². The van der Waals surface area contributed by atoms with Gasteiger partial charge >= 0.3 is 18.1 Å². The van der Waals surface area contributed by atoms with Crippen molar-refractivity contribution in [2.75, 3.05) is 49.5 Å². The van der Waals surface area contributed by atoms with E-state index < -0.39 is 24.1 Å². The fourth-order valence-corrected chi connectivity index (χ4v) is 4.05. The Morgan fingerprint density at radius 3 is 2.06 bits per heavy atom. The maximum Gasteiger partial charge on any atom is 0.471 e. The van der Waals surface area contributed by atoms with Gasteiger partial charge in [-0.3, -0.25) is 19.3 Å². The second-order valence-electron chi connectivity index (χ2n) is 8.14. The van der Waals surface area contributed by atoms with Crippen LogP contribution >= 0.6 is 0 Å². The van der Waals surface area contributed by atoms with E-state index >= 15 is 0 Å². The number of nitrogens with zero attached hydrogens (tertiary/aromatic N) is 3. The van der Waals surface area contributed by atoms with E-state index in [-0.39, 0.29) is 24.9 Å². The molecule has 1 atom stereocenters. The molecule has 2 amide bonds. The van der Waals surface area contributed by atoms with Crippen LogP contribution in [0.5, 0.6) is 0 Å². The van der Waals surface area contributed by atoms with Gasteiger partial charge in [0.15, 0.2) is 0 Å². The van der Waals surface area contributed by atoms with Gasteiger partial charge in [-0.2, -0.15) is 13.2 Å². The Bertz CT molecular complexity index is 830. The molecule has 176 valence electrons. The summed E-state index contributed by atoms with van der Waals surface area (Å²) >= 11 is 0. The number of hydrogen-bond acceptors (Lipinski definition) is 5. The summed E-state index contributed by atoms with van der Waals surface area (Å²) in [7, 11) is 0. The molecule has 2 saturated heterocycles. The van der Waals surface area contributed by atoms with Gasteiger partial charge in [0.05, 0.1) is 0 Å². The van der Waals surface area contributed by atoms with Gasteiger partial charge in [0.25, 0.3) is 0 Å². The monoisotopic (exact) mass is 456 g/mol. The van der Waals surface area contributed by atoms with Crippen LogP contribution in [0.15, 0.2) is 24.3 Å². The molecule has 1 unspecified atom stereocenters. The first kappa shape index (κ1) is 23.8. The van der Waals surface area contributed by atoms with Crippen molar-refractivity contribution in [3.8, 4) is 0 Å². The summed E-state index contributed by atoms with van der Waals surface area (Å²) < 4.78 is 37.7. The van der Waals surface area contributed by atoms with Gasteiger partial charge in [0, 0.05) is 43.5 Å². The molecular formula is C21H27F3N4O4. The summed E-state index contributed by atoms with van der Waals surface area (Å²) in [6.07, 6.45) is -3.68. The lowest BCUT2D eigenvalue weighted by Gasteiger charge is -2.36. The number of hydrogen-bond donors (Lipinski definition) is 2. The van der Waals surface area contributed by atoms with Crippen LogP contribution in [-0.4, -0.2) is 84.2 Å². The summed E-state index contributed by atoms with van der Waals surface area (Å²) in [6, 6.07) is 6.48. The molecule has 1 aromatic carbocycles. The number of anilines is 2. The zero-order valence-corrected chi connectivity index (χ0v) is 17.8. The number of amides is 2. The van der Waals surface area contributed by atoms with Crippen LogP contribution in [0.4, 0.5) is 24.5 Å². The van der Waals surface area contributed by atoms with Gasteiger partial charge < -0.3 is 20.2 Å². The molecule has 11 heteroatoms. The van der Waals surface area contributed by atoms with Crippen molar-refractivity contribution in [1.29, 1.82) is 0 Å². The highest BCUT2D eigenvalue weighted by molar-refractivity contribution is 5.92. The molecule has 0 aromatic heterocycles. The fourth-order valence-electron chi connectivity index (χ4n) is 4.05. The van der Waals surface area contributed by atoms with Gasteiger partial charge in [-0.25, -0.2) is 0 Å². The van der Waals surface area contributed by atoms with Crippen molar-refractivity contribution in [2.24, 2.45) is 5.92 Å². The number of likely N-dealkylation sites (tertiary alicyclic amines) is 1. The van der Waals surface area contributed by atoms with Crippen molar-refractivity contribution in [1.82, 2.24) is 9.80 Å². The number of piperazine rings is 1. The zero-order chi connectivity index (χ0) is 23.5. The highest BCUT2D eigenvalue weighted by Gasteiger charge is 2.43. The van der Waals surface area contributed by atoms with E-state index in [2.05, 4.69) is 5.32 Å². The third-order valence-electron chi connectivity index (χ3n) is 6.11. The Balaban J connectivity index is 1.48. The molecule has 0 aliphatic carbocycles. The molecule has 2 heterocycles. The van der Waals surface area contributed by atoms with Gasteiger partial charge in [-0.15, -0.1) is 0 Å². The maximum atomic E-state index is 12.6. The van der Waals surface area contributed by atoms with Crippen LogP contribution in [0, 0.1) is 5.92 Å². The number of alkyl halides is 3. The fraction of sp³-hybridized carbons (Fsp3) is 0.571. The third kappa shape index (κ3) is 5.70. The first-order chi connectivity index (χ1) is 15.1. The van der Waals surface area contributed by atoms with Crippen LogP contribution in [0.3, 0.4) is 0 Å². The van der Waals surface area contributed by atoms with Crippen LogP contribution in [0.25, 0.3) is 0 Å². The zero-order valence-electron chi connectivity index (χ0n) is 17.8. The number of carbonyl (C=O) groups excluding carboxylic acids is 2. The highest BCUT2D eigenvalue weighted by atomic mass is 19.4. The van der Waals surface area contributed by atoms with Crippen LogP contribution in [-0.2, 0) is 14.4 Å². The number of piperidine rings is 1. The highest BCUT2D eigenvalue weighted by Crippen LogP contribution is 2.24. The van der Waals surface area contributed by atoms with Crippen molar-refractivity contribution >= 4 is 29.2 Å². The van der Waals surface area contributed by atoms with Crippen molar-refractivity contribution in [3.63, 3.8) is 0 Å². The predicted octanol–water partition coefficient (Wildman–Crippen LogP) is 2.02. The quantitative estimate of drug-likeness (QED) is 0.704. The van der Waals surface area contributed by atoms with E-state index in [1.165, 1.54) is 0 Å². The Labute approximate surface area is 183 Å². The largest absolute Gasteiger partial charge is 0.480 e. The lowest BCUT2D eigenvalue weighted by atomic mass is 9.95. The Morgan fingerprint density at radius 2 is 1.56 bits per heavy atom. The summed E-state index contributed by atoms with van der Waals surface area (Å²) in [5.74, 6) is -2.98. The van der Waals surface area contributed by atoms with E-state index in [1.807, 2.05) is 9.80 Å². The SMILES string of the molecule is CC(C(=O)O)N1CCC(C(=O)Nc2ccc(N3CCN(C(=O)C(F)(F)F)CC3)cc2)CC1. The molecule has 1 aromatic rings. The minimum absolute atomic E-state index is 0.00394. The lowest BCUT2D eigenvalue weighted by molar-refractivity contribution is -0.185. The minimum atomic E-state index is -4.85. The van der Waals surface area contributed by atoms with Crippen molar-refractivity contribution in [3.05, 3.63) is 24.3 Å². The molecule has 3 rings (SSSR count). The van der Waals surface area contributed by atoms with Gasteiger partial charge in [0.1, 0.15) is 6.04 Å². The molecule has 2 aliphatic rings. The summed E-state index contributed by atoms with van der Waals surface area (Å²) in [6.45, 7) is 3.31. The summed E-state index contributed by atoms with van der Waals surface area (Å²) in [5.41, 5.74) is 1.42. The van der Waals surface area contributed by atoms with E-state index in [9.17, 15) is 27.6 Å². The first-order valence-electron chi connectivity index (χ1n) is 10.5. The molecule has 0 bridgehead atoms. The van der Waals surface area contributed by atoms with Gasteiger partial charge in [-0.1, -0.05) is 0 Å². The number of aliphatic carboxylic acids is 1. The van der Waals surface area contributed by atoms with Crippen LogP contribution < -0.4 is 10.2 Å². The minimum Gasteiger partial charge on any atom is -0.480 e. The second kappa shape index (κ2) is 9.76. The van der Waals surface area contributed by atoms with E-state index in [4.69, 9.17) is 5.11 Å². The number of rotatable bonds is 5. The van der Waals surface area contributed by atoms with Crippen LogP contribution in [0.2, 0.25) is 0 Å². The number of carbonyl (C=O) groups is 3. The number of benzene rings is 1. The average molecular weight is 456 g/mol. The normalized spacial score (nSPS) is 19.5. The van der Waals surface area contributed by atoms with Crippen molar-refractivity contribution in [2.45, 2.75) is 32.0 Å². The molecule has 2 fully saturated rings. The molecule has 0 saturated carbocycles. The first-order valence-corrected chi connectivity index (χ1v) is 10.5. The molecule has 8 nitrogen and oxygen atoms in total. The van der Waals surface area contributed by atoms with Crippen LogP contribution in [0.1, 0.15) is 19.8 Å². The number of halogens is 3. The standard InChI is InChI=1S/C21H27F3N4O4/c1-14(19(30)31)26-8-6-15(7-9-26)18(29)25-16-2-4-17(5-3-16)27-10-12-28(13-11-27)20(32)21(22,23)24/h2-5,14-15H,6-13H2,1H3,(H,25,29)(H,30,31). The number of carboxylic acid groups (broad SMARTS) is 1. The number of nitrogens with one attached hydrogen (secondary N) is 1.